The van der Waals surface area contributed by atoms with Gasteiger partial charge in [0.2, 0.25) is 0 Å². The predicted octanol–water partition coefficient (Wildman–Crippen LogP) is 6.08. The van der Waals surface area contributed by atoms with Gasteiger partial charge >= 0.3 is 0 Å². The second-order valence-corrected chi connectivity index (χ2v) is 5.64. The molecule has 3 aromatic carbocycles. The lowest BCUT2D eigenvalue weighted by atomic mass is 9.99. The van der Waals surface area contributed by atoms with E-state index in [2.05, 4.69) is 31.2 Å². The Morgan fingerprint density at radius 1 is 0.960 bits per heavy atom. The van der Waals surface area contributed by atoms with Crippen molar-refractivity contribution < 1.29 is 9.53 Å². The van der Waals surface area contributed by atoms with Crippen molar-refractivity contribution in [2.24, 2.45) is 0 Å². The van der Waals surface area contributed by atoms with Crippen molar-refractivity contribution in [3.63, 3.8) is 0 Å². The highest BCUT2D eigenvalue weighted by molar-refractivity contribution is 6.09. The Hall–Kier alpha value is -2.87. The first kappa shape index (κ1) is 18.5. The maximum absolute atomic E-state index is 12.5. The maximum Gasteiger partial charge on any atom is 0.189 e. The van der Waals surface area contributed by atoms with Gasteiger partial charge in [0.15, 0.2) is 5.78 Å². The molecule has 0 saturated heterocycles. The van der Waals surface area contributed by atoms with Gasteiger partial charge in [0.1, 0.15) is 5.75 Å². The van der Waals surface area contributed by atoms with Gasteiger partial charge in [0.05, 0.1) is 12.2 Å². The van der Waals surface area contributed by atoms with Crippen molar-refractivity contribution >= 4 is 22.6 Å². The number of rotatable bonds is 5. The van der Waals surface area contributed by atoms with Crippen molar-refractivity contribution in [3.8, 4) is 5.75 Å². The molecule has 2 heteroatoms. The lowest BCUT2D eigenvalue weighted by Crippen LogP contribution is -2.01. The molecule has 0 spiro atoms. The molecule has 0 bridgehead atoms. The summed E-state index contributed by atoms with van der Waals surface area (Å²) in [4.78, 5) is 12.5. The summed E-state index contributed by atoms with van der Waals surface area (Å²) in [5.74, 6) is 0.576. The Balaban J connectivity index is 0.00000225. The SMILES string of the molecule is C.CCOc1ccccc1C(=O)/C=C/c1ccc(C)c2ccccc12. The molecule has 25 heavy (non-hydrogen) atoms. The van der Waals surface area contributed by atoms with Crippen LogP contribution in [-0.4, -0.2) is 12.4 Å². The normalized spacial score (nSPS) is 10.6. The summed E-state index contributed by atoms with van der Waals surface area (Å²) in [5.41, 5.74) is 2.86. The van der Waals surface area contributed by atoms with E-state index >= 15 is 0 Å². The number of allylic oxidation sites excluding steroid dienone is 1. The number of carbonyl (C=O) groups is 1. The van der Waals surface area contributed by atoms with Gasteiger partial charge in [-0.05, 0) is 54.0 Å². The molecule has 0 heterocycles. The molecular weight excluding hydrogens is 308 g/mol. The minimum absolute atomic E-state index is 0. The molecule has 0 aromatic heterocycles. The molecule has 128 valence electrons. The van der Waals surface area contributed by atoms with Gasteiger partial charge in [-0.2, -0.15) is 0 Å². The fraction of sp³-hybridized carbons (Fsp3) is 0.174. The summed E-state index contributed by atoms with van der Waals surface area (Å²) >= 11 is 0. The number of carbonyl (C=O) groups excluding carboxylic acids is 1. The number of aryl methyl sites for hydroxylation is 1. The number of benzene rings is 3. The van der Waals surface area contributed by atoms with Crippen LogP contribution in [0.1, 0.15) is 35.8 Å². The van der Waals surface area contributed by atoms with Crippen LogP contribution < -0.4 is 4.74 Å². The smallest absolute Gasteiger partial charge is 0.189 e. The van der Waals surface area contributed by atoms with Crippen LogP contribution >= 0.6 is 0 Å². The van der Waals surface area contributed by atoms with E-state index in [9.17, 15) is 4.79 Å². The molecule has 0 saturated carbocycles. The third-order valence-corrected chi connectivity index (χ3v) is 4.04. The fourth-order valence-electron chi connectivity index (χ4n) is 2.83. The largest absolute Gasteiger partial charge is 0.493 e. The molecule has 0 aliphatic heterocycles. The Bertz CT molecular complexity index is 907. The number of fused-ring (bicyclic) bond motifs is 1. The molecule has 0 unspecified atom stereocenters. The molecule has 0 aliphatic rings. The zero-order valence-electron chi connectivity index (χ0n) is 14.0. The van der Waals surface area contributed by atoms with Gasteiger partial charge in [0.25, 0.3) is 0 Å². The van der Waals surface area contributed by atoms with Gasteiger partial charge in [-0.3, -0.25) is 4.79 Å². The van der Waals surface area contributed by atoms with E-state index in [1.54, 1.807) is 12.1 Å². The van der Waals surface area contributed by atoms with Crippen LogP contribution in [0.25, 0.3) is 16.8 Å². The summed E-state index contributed by atoms with van der Waals surface area (Å²) < 4.78 is 5.54. The third-order valence-electron chi connectivity index (χ3n) is 4.04. The van der Waals surface area contributed by atoms with Crippen molar-refractivity contribution in [1.82, 2.24) is 0 Å². The number of ether oxygens (including phenoxy) is 1. The molecule has 0 amide bonds. The Kier molecular flexibility index (Phi) is 6.13. The summed E-state index contributed by atoms with van der Waals surface area (Å²) in [7, 11) is 0. The van der Waals surface area contributed by atoms with Crippen LogP contribution in [0.3, 0.4) is 0 Å². The van der Waals surface area contributed by atoms with Crippen molar-refractivity contribution in [2.45, 2.75) is 21.3 Å². The average Bonchev–Trinajstić information content (AvgIpc) is 2.62. The highest BCUT2D eigenvalue weighted by Gasteiger charge is 2.09. The zero-order valence-corrected chi connectivity index (χ0v) is 14.0. The molecular formula is C23H24O2. The van der Waals surface area contributed by atoms with Crippen molar-refractivity contribution in [3.05, 3.63) is 83.4 Å². The van der Waals surface area contributed by atoms with Crippen LogP contribution in [-0.2, 0) is 0 Å². The van der Waals surface area contributed by atoms with Crippen molar-refractivity contribution in [2.75, 3.05) is 6.61 Å². The second kappa shape index (κ2) is 8.29. The molecule has 3 rings (SSSR count). The quantitative estimate of drug-likeness (QED) is 0.418. The van der Waals surface area contributed by atoms with E-state index in [-0.39, 0.29) is 13.2 Å². The van der Waals surface area contributed by atoms with Crippen LogP contribution in [0.5, 0.6) is 5.75 Å². The monoisotopic (exact) mass is 332 g/mol. The first-order valence-corrected chi connectivity index (χ1v) is 8.13. The topological polar surface area (TPSA) is 26.3 Å². The second-order valence-electron chi connectivity index (χ2n) is 5.64. The first-order valence-electron chi connectivity index (χ1n) is 8.13. The minimum atomic E-state index is -0.0521. The number of para-hydroxylation sites is 1. The molecule has 0 N–H and O–H groups in total. The van der Waals surface area contributed by atoms with Crippen LogP contribution in [0, 0.1) is 6.92 Å². The highest BCUT2D eigenvalue weighted by Crippen LogP contribution is 2.24. The zero-order chi connectivity index (χ0) is 16.9. The van der Waals surface area contributed by atoms with Gasteiger partial charge in [-0.25, -0.2) is 0 Å². The third kappa shape index (κ3) is 3.97. The minimum Gasteiger partial charge on any atom is -0.493 e. The molecule has 0 radical (unpaired) electrons. The van der Waals surface area contributed by atoms with Gasteiger partial charge in [-0.15, -0.1) is 0 Å². The van der Waals surface area contributed by atoms with E-state index in [0.29, 0.717) is 17.9 Å². The molecule has 2 nitrogen and oxygen atoms in total. The standard InChI is InChI=1S/C22H20O2.CH4/c1-3-24-22-11-7-6-10-20(22)21(23)15-14-17-13-12-16(2)18-8-4-5-9-19(17)18;/h4-15H,3H2,1-2H3;1H4/b15-14+;. The summed E-state index contributed by atoms with van der Waals surface area (Å²) in [6.45, 7) is 4.55. The summed E-state index contributed by atoms with van der Waals surface area (Å²) in [5, 5.41) is 2.36. The maximum atomic E-state index is 12.5. The molecule has 0 atom stereocenters. The van der Waals surface area contributed by atoms with E-state index in [4.69, 9.17) is 4.74 Å². The lowest BCUT2D eigenvalue weighted by molar-refractivity contribution is 0.104. The van der Waals surface area contributed by atoms with Gasteiger partial charge in [0, 0.05) is 0 Å². The number of hydrogen-bond donors (Lipinski definition) is 0. The average molecular weight is 332 g/mol. The van der Waals surface area contributed by atoms with Gasteiger partial charge in [-0.1, -0.05) is 62.0 Å². The predicted molar refractivity (Wildman–Crippen MR) is 106 cm³/mol. The number of hydrogen-bond acceptors (Lipinski definition) is 2. The van der Waals surface area contributed by atoms with E-state index in [1.165, 1.54) is 10.9 Å². The van der Waals surface area contributed by atoms with E-state index in [0.717, 1.165) is 10.9 Å². The number of ketones is 1. The van der Waals surface area contributed by atoms with Crippen LogP contribution in [0.15, 0.2) is 66.7 Å². The fourth-order valence-corrected chi connectivity index (χ4v) is 2.83. The molecule has 3 aromatic rings. The van der Waals surface area contributed by atoms with Crippen LogP contribution in [0.2, 0.25) is 0 Å². The molecule has 0 aliphatic carbocycles. The summed E-state index contributed by atoms with van der Waals surface area (Å²) in [6.07, 6.45) is 3.50. The lowest BCUT2D eigenvalue weighted by Gasteiger charge is -2.07. The first-order chi connectivity index (χ1) is 11.7. The van der Waals surface area contributed by atoms with Gasteiger partial charge < -0.3 is 4.74 Å². The Labute approximate surface area is 149 Å². The van der Waals surface area contributed by atoms with E-state index < -0.39 is 0 Å². The molecule has 0 fully saturated rings. The Morgan fingerprint density at radius 3 is 2.40 bits per heavy atom. The Morgan fingerprint density at radius 2 is 1.64 bits per heavy atom. The summed E-state index contributed by atoms with van der Waals surface area (Å²) in [6, 6.07) is 19.7. The van der Waals surface area contributed by atoms with Crippen molar-refractivity contribution in [1.29, 1.82) is 0 Å². The highest BCUT2D eigenvalue weighted by atomic mass is 16.5. The van der Waals surface area contributed by atoms with E-state index in [1.807, 2.05) is 43.3 Å². The van der Waals surface area contributed by atoms with Crippen LogP contribution in [0.4, 0.5) is 0 Å².